The molecule has 1 aliphatic rings. The van der Waals surface area contributed by atoms with E-state index in [1.807, 2.05) is 12.3 Å². The van der Waals surface area contributed by atoms with Gasteiger partial charge in [-0.25, -0.2) is 4.98 Å². The second kappa shape index (κ2) is 12.0. The fraction of sp³-hybridized carbons (Fsp3) is 0.667. The third-order valence-electron chi connectivity index (χ3n) is 3.72. The van der Waals surface area contributed by atoms with E-state index in [1.54, 1.807) is 18.8 Å². The van der Waals surface area contributed by atoms with Gasteiger partial charge < -0.3 is 15.4 Å². The topological polar surface area (TPSA) is 61.8 Å². The minimum atomic E-state index is 0. The van der Waals surface area contributed by atoms with Crippen molar-refractivity contribution < 1.29 is 4.74 Å². The van der Waals surface area contributed by atoms with E-state index in [2.05, 4.69) is 52.3 Å². The molecule has 0 aromatic carbocycles. The van der Waals surface area contributed by atoms with Gasteiger partial charge in [0, 0.05) is 50.7 Å². The first kappa shape index (κ1) is 23.5. The number of ether oxygens (including phenoxy) is 1. The molecule has 0 unspecified atom stereocenters. The lowest BCUT2D eigenvalue weighted by atomic mass is 10.2. The number of guanidine groups is 1. The number of aromatic nitrogens is 1. The van der Waals surface area contributed by atoms with Gasteiger partial charge in [0.25, 0.3) is 0 Å². The Labute approximate surface area is 179 Å². The summed E-state index contributed by atoms with van der Waals surface area (Å²) in [5.41, 5.74) is 1.21. The highest BCUT2D eigenvalue weighted by atomic mass is 127. The normalized spacial score (nSPS) is 16.1. The van der Waals surface area contributed by atoms with E-state index in [0.717, 1.165) is 56.9 Å². The minimum Gasteiger partial charge on any atom is -0.379 e. The molecule has 2 rings (SSSR count). The summed E-state index contributed by atoms with van der Waals surface area (Å²) in [5.74, 6) is 0.829. The van der Waals surface area contributed by atoms with Gasteiger partial charge in [-0.05, 0) is 17.7 Å². The molecule has 0 atom stereocenters. The van der Waals surface area contributed by atoms with Crippen molar-refractivity contribution in [3.63, 3.8) is 0 Å². The second-order valence-electron chi connectivity index (χ2n) is 7.02. The molecule has 6 nitrogen and oxygen atoms in total. The molecule has 148 valence electrons. The summed E-state index contributed by atoms with van der Waals surface area (Å²) in [7, 11) is 1.80. The Morgan fingerprint density at radius 3 is 2.69 bits per heavy atom. The Morgan fingerprint density at radius 2 is 2.04 bits per heavy atom. The third kappa shape index (κ3) is 9.38. The monoisotopic (exact) mass is 493 g/mol. The van der Waals surface area contributed by atoms with E-state index in [0.29, 0.717) is 0 Å². The van der Waals surface area contributed by atoms with Crippen LogP contribution in [0.15, 0.2) is 28.3 Å². The molecule has 8 heteroatoms. The zero-order valence-corrected chi connectivity index (χ0v) is 19.4. The summed E-state index contributed by atoms with van der Waals surface area (Å²) in [4.78, 5) is 11.2. The number of nitrogens with one attached hydrogen (secondary N) is 2. The maximum atomic E-state index is 5.37. The van der Waals surface area contributed by atoms with Crippen LogP contribution in [-0.2, 0) is 11.3 Å². The number of morpholine rings is 1. The first-order chi connectivity index (χ1) is 12.0. The molecular formula is C18H32IN5OS. The number of pyridine rings is 1. The molecular weight excluding hydrogens is 461 g/mol. The Morgan fingerprint density at radius 1 is 1.31 bits per heavy atom. The number of nitrogens with zero attached hydrogens (tertiary/aromatic N) is 3. The maximum Gasteiger partial charge on any atom is 0.191 e. The molecule has 0 amide bonds. The highest BCUT2D eigenvalue weighted by Gasteiger charge is 2.13. The molecule has 0 spiro atoms. The Bertz CT molecular complexity index is 559. The zero-order chi connectivity index (χ0) is 18.1. The number of hydrogen-bond donors (Lipinski definition) is 2. The zero-order valence-electron chi connectivity index (χ0n) is 16.2. The lowest BCUT2D eigenvalue weighted by Gasteiger charge is -2.26. The fourth-order valence-corrected chi connectivity index (χ4v) is 3.44. The third-order valence-corrected chi connectivity index (χ3v) is 4.76. The van der Waals surface area contributed by atoms with Crippen LogP contribution in [0.4, 0.5) is 0 Å². The second-order valence-corrected chi connectivity index (χ2v) is 8.87. The molecule has 1 fully saturated rings. The van der Waals surface area contributed by atoms with Gasteiger partial charge in [0.15, 0.2) is 5.96 Å². The molecule has 1 aliphatic heterocycles. The molecule has 1 aromatic heterocycles. The van der Waals surface area contributed by atoms with Gasteiger partial charge in [0.2, 0.25) is 0 Å². The van der Waals surface area contributed by atoms with Gasteiger partial charge in [-0.3, -0.25) is 9.89 Å². The van der Waals surface area contributed by atoms with Crippen LogP contribution in [0.5, 0.6) is 0 Å². The maximum absolute atomic E-state index is 5.37. The summed E-state index contributed by atoms with van der Waals surface area (Å²) in [5, 5.41) is 7.81. The largest absolute Gasteiger partial charge is 0.379 e. The lowest BCUT2D eigenvalue weighted by molar-refractivity contribution is 0.0389. The predicted octanol–water partition coefficient (Wildman–Crippen LogP) is 2.59. The smallest absolute Gasteiger partial charge is 0.191 e. The average Bonchev–Trinajstić information content (AvgIpc) is 2.57. The summed E-state index contributed by atoms with van der Waals surface area (Å²) in [6, 6.07) is 4.19. The van der Waals surface area contributed by atoms with Crippen LogP contribution in [0.2, 0.25) is 0 Å². The molecule has 0 saturated carbocycles. The van der Waals surface area contributed by atoms with Gasteiger partial charge >= 0.3 is 0 Å². The van der Waals surface area contributed by atoms with Crippen molar-refractivity contribution in [2.45, 2.75) is 37.1 Å². The van der Waals surface area contributed by atoms with Crippen molar-refractivity contribution in [2.75, 3.05) is 46.4 Å². The molecule has 0 aliphatic carbocycles. The van der Waals surface area contributed by atoms with Crippen molar-refractivity contribution >= 4 is 41.7 Å². The molecule has 26 heavy (non-hydrogen) atoms. The number of halogens is 1. The van der Waals surface area contributed by atoms with Gasteiger partial charge in [0.1, 0.15) is 0 Å². The van der Waals surface area contributed by atoms with E-state index in [4.69, 9.17) is 4.74 Å². The van der Waals surface area contributed by atoms with Crippen LogP contribution in [0.25, 0.3) is 0 Å². The van der Waals surface area contributed by atoms with Crippen LogP contribution in [-0.4, -0.2) is 67.0 Å². The Hall–Kier alpha value is -0.580. The number of aliphatic imine (C=N–C) groups is 1. The molecule has 1 saturated heterocycles. The average molecular weight is 493 g/mol. The number of rotatable bonds is 6. The molecule has 0 bridgehead atoms. The van der Waals surface area contributed by atoms with Crippen LogP contribution >= 0.6 is 35.7 Å². The summed E-state index contributed by atoms with van der Waals surface area (Å²) in [6.07, 6.45) is 1.87. The van der Waals surface area contributed by atoms with Crippen LogP contribution < -0.4 is 10.6 Å². The summed E-state index contributed by atoms with van der Waals surface area (Å²) >= 11 is 1.78. The Balaban J connectivity index is 0.00000338. The van der Waals surface area contributed by atoms with E-state index >= 15 is 0 Å². The molecule has 2 N–H and O–H groups in total. The molecule has 1 aromatic rings. The van der Waals surface area contributed by atoms with Crippen LogP contribution in [0, 0.1) is 0 Å². The van der Waals surface area contributed by atoms with Crippen molar-refractivity contribution in [3.05, 3.63) is 23.9 Å². The highest BCUT2D eigenvalue weighted by molar-refractivity contribution is 14.0. The SMILES string of the molecule is CN=C(NCCN1CCOCC1)NCc1ccnc(SC(C)(C)C)c1.I. The first-order valence-corrected chi connectivity index (χ1v) is 9.66. The van der Waals surface area contributed by atoms with Crippen molar-refractivity contribution in [1.82, 2.24) is 20.5 Å². The van der Waals surface area contributed by atoms with Crippen molar-refractivity contribution in [3.8, 4) is 0 Å². The van der Waals surface area contributed by atoms with Crippen molar-refractivity contribution in [1.29, 1.82) is 0 Å². The minimum absolute atomic E-state index is 0. The number of thioether (sulfide) groups is 1. The standard InChI is InChI=1S/C18H31N5OS.HI/c1-18(2,3)25-16-13-15(5-6-20-16)14-22-17(19-4)21-7-8-23-9-11-24-12-10-23;/h5-6,13H,7-12,14H2,1-4H3,(H2,19,21,22);1H. The Kier molecular flexibility index (Phi) is 10.8. The fourth-order valence-electron chi connectivity index (χ4n) is 2.49. The lowest BCUT2D eigenvalue weighted by Crippen LogP contribution is -2.44. The summed E-state index contributed by atoms with van der Waals surface area (Å²) in [6.45, 7) is 12.9. The van der Waals surface area contributed by atoms with Gasteiger partial charge in [-0.15, -0.1) is 35.7 Å². The van der Waals surface area contributed by atoms with Crippen LogP contribution in [0.1, 0.15) is 26.3 Å². The van der Waals surface area contributed by atoms with Crippen molar-refractivity contribution in [2.24, 2.45) is 4.99 Å². The first-order valence-electron chi connectivity index (χ1n) is 8.85. The summed E-state index contributed by atoms with van der Waals surface area (Å²) < 4.78 is 5.53. The quantitative estimate of drug-likeness (QED) is 0.275. The van der Waals surface area contributed by atoms with Crippen LogP contribution in [0.3, 0.4) is 0 Å². The van der Waals surface area contributed by atoms with E-state index in [1.165, 1.54) is 5.56 Å². The molecule has 0 radical (unpaired) electrons. The van der Waals surface area contributed by atoms with E-state index < -0.39 is 0 Å². The molecule has 2 heterocycles. The van der Waals surface area contributed by atoms with Gasteiger partial charge in [-0.1, -0.05) is 20.8 Å². The predicted molar refractivity (Wildman–Crippen MR) is 121 cm³/mol. The van der Waals surface area contributed by atoms with Gasteiger partial charge in [0.05, 0.1) is 18.2 Å². The van der Waals surface area contributed by atoms with E-state index in [9.17, 15) is 0 Å². The number of hydrogen-bond acceptors (Lipinski definition) is 5. The van der Waals surface area contributed by atoms with Gasteiger partial charge in [-0.2, -0.15) is 0 Å². The van der Waals surface area contributed by atoms with E-state index in [-0.39, 0.29) is 28.7 Å². The highest BCUT2D eigenvalue weighted by Crippen LogP contribution is 2.30.